The summed E-state index contributed by atoms with van der Waals surface area (Å²) in [5, 5.41) is 3.68. The molecule has 4 rings (SSSR count). The van der Waals surface area contributed by atoms with E-state index in [-0.39, 0.29) is 11.6 Å². The molecule has 1 heterocycles. The van der Waals surface area contributed by atoms with Crippen molar-refractivity contribution in [1.29, 1.82) is 0 Å². The van der Waals surface area contributed by atoms with Crippen LogP contribution in [-0.2, 0) is 10.3 Å². The topological polar surface area (TPSA) is 33.6 Å². The molecule has 3 heteroatoms. The van der Waals surface area contributed by atoms with Gasteiger partial charge in [-0.15, -0.1) is 0 Å². The van der Waals surface area contributed by atoms with Crippen LogP contribution in [0.3, 0.4) is 0 Å². The predicted molar refractivity (Wildman–Crippen MR) is 102 cm³/mol. The van der Waals surface area contributed by atoms with Gasteiger partial charge in [0.2, 0.25) is 0 Å². The molecule has 1 saturated carbocycles. The normalized spacial score (nSPS) is 26.4. The zero-order valence-corrected chi connectivity index (χ0v) is 14.8. The first kappa shape index (κ1) is 16.3. The predicted octanol–water partition coefficient (Wildman–Crippen LogP) is 4.60. The molecule has 2 aromatic rings. The molecule has 1 unspecified atom stereocenters. The van der Waals surface area contributed by atoms with E-state index in [1.54, 1.807) is 0 Å². The number of ether oxygens (including phenoxy) is 1. The Morgan fingerprint density at radius 3 is 2.32 bits per heavy atom. The number of nitrogens with zero attached hydrogens (tertiary/aromatic N) is 1. The van der Waals surface area contributed by atoms with Crippen LogP contribution >= 0.6 is 0 Å². The van der Waals surface area contributed by atoms with E-state index >= 15 is 0 Å². The van der Waals surface area contributed by atoms with Crippen LogP contribution in [-0.4, -0.2) is 18.5 Å². The minimum absolute atomic E-state index is 0.0540. The van der Waals surface area contributed by atoms with Crippen molar-refractivity contribution in [1.82, 2.24) is 5.32 Å². The van der Waals surface area contributed by atoms with Gasteiger partial charge in [0.05, 0.1) is 11.6 Å². The van der Waals surface area contributed by atoms with Gasteiger partial charge in [-0.05, 0) is 30.9 Å². The highest BCUT2D eigenvalue weighted by atomic mass is 16.5. The lowest BCUT2D eigenvalue weighted by atomic mass is 9.82. The zero-order valence-electron chi connectivity index (χ0n) is 14.8. The average Bonchev–Trinajstić information content (AvgIpc) is 3.30. The summed E-state index contributed by atoms with van der Waals surface area (Å²) in [6, 6.07) is 21.2. The van der Waals surface area contributed by atoms with Crippen molar-refractivity contribution in [3.63, 3.8) is 0 Å². The lowest BCUT2D eigenvalue weighted by Crippen LogP contribution is -2.43. The van der Waals surface area contributed by atoms with Crippen molar-refractivity contribution in [2.75, 3.05) is 6.61 Å². The van der Waals surface area contributed by atoms with Crippen LogP contribution in [0, 0.1) is 0 Å². The third kappa shape index (κ3) is 3.34. The number of rotatable bonds is 5. The summed E-state index contributed by atoms with van der Waals surface area (Å²) in [6.45, 7) is 2.82. The minimum atomic E-state index is -0.253. The Labute approximate surface area is 150 Å². The fraction of sp³-hybridized carbons (Fsp3) is 0.409. The lowest BCUT2D eigenvalue weighted by Gasteiger charge is -2.32. The fourth-order valence-corrected chi connectivity index (χ4v) is 4.07. The van der Waals surface area contributed by atoms with Crippen LogP contribution in [0.15, 0.2) is 65.7 Å². The van der Waals surface area contributed by atoms with E-state index < -0.39 is 0 Å². The Bertz CT molecular complexity index is 722. The highest BCUT2D eigenvalue weighted by Gasteiger charge is 2.42. The van der Waals surface area contributed by atoms with E-state index in [2.05, 4.69) is 72.9 Å². The summed E-state index contributed by atoms with van der Waals surface area (Å²) in [5.74, 6) is 0.965. The van der Waals surface area contributed by atoms with Crippen LogP contribution in [0.2, 0.25) is 0 Å². The maximum absolute atomic E-state index is 6.11. The molecule has 25 heavy (non-hydrogen) atoms. The molecule has 1 aliphatic carbocycles. The first-order chi connectivity index (χ1) is 12.3. The Hall–Kier alpha value is -2.13. The molecule has 1 fully saturated rings. The summed E-state index contributed by atoms with van der Waals surface area (Å²) >= 11 is 0. The van der Waals surface area contributed by atoms with Gasteiger partial charge in [-0.1, -0.05) is 73.5 Å². The van der Waals surface area contributed by atoms with Gasteiger partial charge in [0.1, 0.15) is 18.5 Å². The summed E-state index contributed by atoms with van der Waals surface area (Å²) in [6.07, 6.45) is 5.36. The molecule has 2 aromatic carbocycles. The quantitative estimate of drug-likeness (QED) is 0.867. The SMILES string of the molecule is C[C@@]1(c2ccccc2)NC(COC2CCCC2)=NC1c1ccccc1. The van der Waals surface area contributed by atoms with E-state index in [0.717, 1.165) is 5.84 Å². The van der Waals surface area contributed by atoms with Gasteiger partial charge >= 0.3 is 0 Å². The molecule has 2 atom stereocenters. The first-order valence-corrected chi connectivity index (χ1v) is 9.32. The summed E-state index contributed by atoms with van der Waals surface area (Å²) in [4.78, 5) is 5.03. The molecule has 3 nitrogen and oxygen atoms in total. The molecule has 0 aromatic heterocycles. The van der Waals surface area contributed by atoms with Crippen LogP contribution in [0.1, 0.15) is 49.8 Å². The number of nitrogens with one attached hydrogen (secondary N) is 1. The minimum Gasteiger partial charge on any atom is -0.370 e. The van der Waals surface area contributed by atoms with E-state index in [4.69, 9.17) is 9.73 Å². The number of benzene rings is 2. The largest absolute Gasteiger partial charge is 0.370 e. The van der Waals surface area contributed by atoms with Crippen molar-refractivity contribution in [2.45, 2.75) is 50.3 Å². The Morgan fingerprint density at radius 1 is 1.00 bits per heavy atom. The van der Waals surface area contributed by atoms with Crippen molar-refractivity contribution in [3.8, 4) is 0 Å². The Morgan fingerprint density at radius 2 is 1.64 bits per heavy atom. The summed E-state index contributed by atoms with van der Waals surface area (Å²) in [5.41, 5.74) is 2.23. The average molecular weight is 334 g/mol. The monoisotopic (exact) mass is 334 g/mol. The van der Waals surface area contributed by atoms with Crippen LogP contribution in [0.4, 0.5) is 0 Å². The fourth-order valence-electron chi connectivity index (χ4n) is 4.07. The molecule has 0 spiro atoms. The first-order valence-electron chi connectivity index (χ1n) is 9.32. The van der Waals surface area contributed by atoms with E-state index in [1.165, 1.54) is 36.8 Å². The maximum atomic E-state index is 6.11. The van der Waals surface area contributed by atoms with Gasteiger partial charge in [-0.3, -0.25) is 4.99 Å². The molecule has 0 radical (unpaired) electrons. The number of hydrogen-bond acceptors (Lipinski definition) is 3. The van der Waals surface area contributed by atoms with Crippen molar-refractivity contribution in [2.24, 2.45) is 4.99 Å². The van der Waals surface area contributed by atoms with Gasteiger partial charge in [-0.2, -0.15) is 0 Å². The molecule has 130 valence electrons. The number of amidine groups is 1. The maximum Gasteiger partial charge on any atom is 0.124 e. The summed E-state index contributed by atoms with van der Waals surface area (Å²) < 4.78 is 6.11. The van der Waals surface area contributed by atoms with E-state index in [9.17, 15) is 0 Å². The molecular weight excluding hydrogens is 308 g/mol. The van der Waals surface area contributed by atoms with Gasteiger partial charge in [0.25, 0.3) is 0 Å². The highest BCUT2D eigenvalue weighted by molar-refractivity contribution is 5.87. The van der Waals surface area contributed by atoms with Crippen molar-refractivity contribution >= 4 is 5.84 Å². The molecule has 1 N–H and O–H groups in total. The molecule has 0 saturated heterocycles. The Kier molecular flexibility index (Phi) is 4.58. The second-order valence-electron chi connectivity index (χ2n) is 7.30. The molecule has 0 amide bonds. The van der Waals surface area contributed by atoms with Gasteiger partial charge in [-0.25, -0.2) is 0 Å². The summed E-state index contributed by atoms with van der Waals surface area (Å²) in [7, 11) is 0. The molecule has 1 aliphatic heterocycles. The second kappa shape index (κ2) is 7.01. The van der Waals surface area contributed by atoms with Gasteiger partial charge < -0.3 is 10.1 Å². The van der Waals surface area contributed by atoms with E-state index in [1.807, 2.05) is 0 Å². The smallest absolute Gasteiger partial charge is 0.124 e. The van der Waals surface area contributed by atoms with E-state index in [0.29, 0.717) is 12.7 Å². The van der Waals surface area contributed by atoms with Crippen LogP contribution < -0.4 is 5.32 Å². The van der Waals surface area contributed by atoms with Crippen molar-refractivity contribution in [3.05, 3.63) is 71.8 Å². The van der Waals surface area contributed by atoms with Crippen molar-refractivity contribution < 1.29 is 4.74 Å². The van der Waals surface area contributed by atoms with Crippen LogP contribution in [0.5, 0.6) is 0 Å². The Balaban J connectivity index is 1.60. The second-order valence-corrected chi connectivity index (χ2v) is 7.30. The number of hydrogen-bond donors (Lipinski definition) is 1. The number of aliphatic imine (C=N–C) groups is 1. The molecule has 2 aliphatic rings. The zero-order chi connectivity index (χ0) is 17.1. The van der Waals surface area contributed by atoms with Gasteiger partial charge in [0.15, 0.2) is 0 Å². The third-order valence-corrected chi connectivity index (χ3v) is 5.48. The lowest BCUT2D eigenvalue weighted by molar-refractivity contribution is 0.0860. The van der Waals surface area contributed by atoms with Gasteiger partial charge in [0, 0.05) is 0 Å². The standard InChI is InChI=1S/C22H26N2O/c1-22(18-12-6-3-7-13-18)21(17-10-4-2-5-11-17)23-20(24-22)16-25-19-14-8-9-15-19/h2-7,10-13,19,21H,8-9,14-16H2,1H3,(H,23,24)/t21?,22-/m0/s1. The molecule has 0 bridgehead atoms. The van der Waals surface area contributed by atoms with Crippen LogP contribution in [0.25, 0.3) is 0 Å². The third-order valence-electron chi connectivity index (χ3n) is 5.48. The molecular formula is C22H26N2O. The highest BCUT2D eigenvalue weighted by Crippen LogP contribution is 2.41.